The first-order valence-electron chi connectivity index (χ1n) is 12.9. The molecule has 3 aromatic rings. The lowest BCUT2D eigenvalue weighted by molar-refractivity contribution is -0.137. The Balaban J connectivity index is 1.44. The second-order valence-corrected chi connectivity index (χ2v) is 12.2. The van der Waals surface area contributed by atoms with Crippen LogP contribution in [-0.2, 0) is 27.1 Å². The molecule has 0 N–H and O–H groups in total. The number of hydrogen-bond donors (Lipinski definition) is 0. The van der Waals surface area contributed by atoms with Gasteiger partial charge in [-0.05, 0) is 37.0 Å². The van der Waals surface area contributed by atoms with Crippen LogP contribution in [-0.4, -0.2) is 45.5 Å². The zero-order chi connectivity index (χ0) is 28.2. The van der Waals surface area contributed by atoms with Crippen LogP contribution in [0.15, 0.2) is 64.4 Å². The molecule has 0 saturated carbocycles. The third-order valence-corrected chi connectivity index (χ3v) is 10.3. The first-order chi connectivity index (χ1) is 19.2. The summed E-state index contributed by atoms with van der Waals surface area (Å²) < 4.78 is 43.0. The summed E-state index contributed by atoms with van der Waals surface area (Å²) in [6, 6.07) is 13.4. The number of likely N-dealkylation sites (tertiary alicyclic amines) is 1. The van der Waals surface area contributed by atoms with Gasteiger partial charge >= 0.3 is 11.0 Å². The molecule has 3 atom stereocenters. The molecule has 0 aliphatic carbocycles. The molecule has 12 heteroatoms. The van der Waals surface area contributed by atoms with Crippen molar-refractivity contribution < 1.29 is 27.6 Å². The summed E-state index contributed by atoms with van der Waals surface area (Å²) in [7, 11) is 0. The molecule has 0 radical (unpaired) electrons. The Labute approximate surface area is 235 Å². The highest BCUT2D eigenvalue weighted by molar-refractivity contribution is 8.00. The average Bonchev–Trinajstić information content (AvgIpc) is 3.39. The second kappa shape index (κ2) is 10.2. The van der Waals surface area contributed by atoms with Gasteiger partial charge in [0.15, 0.2) is 0 Å². The number of fused-ring (bicyclic) bond motifs is 2. The topological polar surface area (TPSA) is 79.7 Å². The molecule has 2 saturated heterocycles. The van der Waals surface area contributed by atoms with Crippen molar-refractivity contribution in [3.63, 3.8) is 0 Å². The summed E-state index contributed by atoms with van der Waals surface area (Å²) >= 11 is 1.91. The molecule has 6 rings (SSSR count). The van der Waals surface area contributed by atoms with Gasteiger partial charge in [0, 0.05) is 23.9 Å². The van der Waals surface area contributed by atoms with E-state index in [1.807, 2.05) is 0 Å². The van der Waals surface area contributed by atoms with E-state index < -0.39 is 46.3 Å². The van der Waals surface area contributed by atoms with Crippen LogP contribution in [0.1, 0.15) is 41.2 Å². The van der Waals surface area contributed by atoms with Crippen molar-refractivity contribution in [3.05, 3.63) is 80.3 Å². The third kappa shape index (κ3) is 4.46. The Morgan fingerprint density at radius 3 is 2.27 bits per heavy atom. The van der Waals surface area contributed by atoms with Crippen LogP contribution in [0.25, 0.3) is 0 Å². The molecular weight excluding hydrogens is 563 g/mol. The molecule has 7 nitrogen and oxygen atoms in total. The minimum absolute atomic E-state index is 0.195. The molecule has 1 aromatic heterocycles. The molecular formula is C28H24F3N3O4S2. The van der Waals surface area contributed by atoms with E-state index >= 15 is 0 Å². The van der Waals surface area contributed by atoms with Gasteiger partial charge in [-0.15, -0.1) is 0 Å². The normalized spacial score (nSPS) is 22.8. The van der Waals surface area contributed by atoms with Gasteiger partial charge in [-0.1, -0.05) is 65.6 Å². The number of nitrogens with zero attached hydrogens (tertiary/aromatic N) is 3. The highest BCUT2D eigenvalue weighted by atomic mass is 32.2. The number of anilines is 1. The van der Waals surface area contributed by atoms with E-state index in [0.717, 1.165) is 54.5 Å². The Kier molecular flexibility index (Phi) is 6.86. The van der Waals surface area contributed by atoms with Gasteiger partial charge < -0.3 is 4.90 Å². The van der Waals surface area contributed by atoms with E-state index in [1.165, 1.54) is 16.7 Å². The van der Waals surface area contributed by atoms with E-state index in [4.69, 9.17) is 0 Å². The Bertz CT molecular complexity index is 1550. The number of carbonyl (C=O) groups is 3. The number of thiazole rings is 1. The van der Waals surface area contributed by atoms with Crippen LogP contribution in [0.4, 0.5) is 18.9 Å². The smallest absolute Gasteiger partial charge is 0.341 e. The van der Waals surface area contributed by atoms with Gasteiger partial charge in [0.25, 0.3) is 0 Å². The summed E-state index contributed by atoms with van der Waals surface area (Å²) in [4.78, 5) is 56.5. The zero-order valence-corrected chi connectivity index (χ0v) is 22.7. The van der Waals surface area contributed by atoms with Crippen LogP contribution in [0.3, 0.4) is 0 Å². The maximum atomic E-state index is 13.9. The number of piperidine rings is 1. The van der Waals surface area contributed by atoms with E-state index in [0.29, 0.717) is 33.5 Å². The Morgan fingerprint density at radius 1 is 0.900 bits per heavy atom. The fraction of sp³-hybridized carbons (Fsp3) is 0.357. The number of halogens is 3. The minimum Gasteiger partial charge on any atom is -0.341 e. The fourth-order valence-corrected chi connectivity index (χ4v) is 8.57. The summed E-state index contributed by atoms with van der Waals surface area (Å²) in [5.74, 6) is -3.45. The molecule has 2 aromatic carbocycles. The van der Waals surface area contributed by atoms with Crippen LogP contribution < -0.4 is 9.77 Å². The van der Waals surface area contributed by atoms with Crippen molar-refractivity contribution >= 4 is 46.5 Å². The third-order valence-electron chi connectivity index (χ3n) is 7.66. The number of rotatable bonds is 4. The molecule has 2 fully saturated rings. The van der Waals surface area contributed by atoms with Crippen molar-refractivity contribution in [1.82, 2.24) is 9.47 Å². The lowest BCUT2D eigenvalue weighted by Gasteiger charge is -2.31. The van der Waals surface area contributed by atoms with Gasteiger partial charge in [-0.25, -0.2) is 4.90 Å². The molecule has 2 unspecified atom stereocenters. The number of amides is 3. The van der Waals surface area contributed by atoms with Gasteiger partial charge in [0.1, 0.15) is 11.8 Å². The summed E-state index contributed by atoms with van der Waals surface area (Å²) in [6.45, 7) is 1.04. The van der Waals surface area contributed by atoms with Gasteiger partial charge in [0.2, 0.25) is 17.7 Å². The Hall–Kier alpha value is -3.38. The molecule has 3 aliphatic rings. The summed E-state index contributed by atoms with van der Waals surface area (Å²) in [5, 5.41) is -0.639. The number of hydrogen-bond acceptors (Lipinski definition) is 6. The van der Waals surface area contributed by atoms with E-state index in [9.17, 15) is 32.3 Å². The van der Waals surface area contributed by atoms with Crippen LogP contribution >= 0.6 is 23.1 Å². The number of alkyl halides is 3. The number of thioether (sulfide) groups is 1. The van der Waals surface area contributed by atoms with Crippen LogP contribution in [0.5, 0.6) is 0 Å². The summed E-state index contributed by atoms with van der Waals surface area (Å²) in [5.41, 5.74) is -0.912. The lowest BCUT2D eigenvalue weighted by atomic mass is 9.83. The highest BCUT2D eigenvalue weighted by Crippen LogP contribution is 2.54. The van der Waals surface area contributed by atoms with Gasteiger partial charge in [-0.2, -0.15) is 13.2 Å². The standard InChI is InChI=1S/C28H24F3N3O4S2/c29-28(30,31)17-11-5-6-12-18(17)34-24(36)21-20(16-9-3-1-4-10-16)23-26(39-22(21)25(34)37)33(27(38)40-23)15-19(35)32-13-7-2-8-14-32/h1,3-6,9-12,20-22H,2,7-8,13-15H2/t20-,21?,22?/m1/s1. The maximum absolute atomic E-state index is 13.9. The second-order valence-electron chi connectivity index (χ2n) is 10.0. The number of imide groups is 1. The quantitative estimate of drug-likeness (QED) is 0.413. The molecule has 208 valence electrons. The molecule has 3 amide bonds. The van der Waals surface area contributed by atoms with Crippen molar-refractivity contribution in [2.45, 2.75) is 48.2 Å². The van der Waals surface area contributed by atoms with Crippen LogP contribution in [0.2, 0.25) is 0 Å². The molecule has 0 bridgehead atoms. The number of aromatic nitrogens is 1. The zero-order valence-electron chi connectivity index (χ0n) is 21.1. The Morgan fingerprint density at radius 2 is 1.57 bits per heavy atom. The van der Waals surface area contributed by atoms with Crippen molar-refractivity contribution in [3.8, 4) is 0 Å². The number of para-hydroxylation sites is 1. The van der Waals surface area contributed by atoms with E-state index in [2.05, 4.69) is 0 Å². The van der Waals surface area contributed by atoms with Crippen molar-refractivity contribution in [1.29, 1.82) is 0 Å². The lowest BCUT2D eigenvalue weighted by Crippen LogP contribution is -2.39. The van der Waals surface area contributed by atoms with Crippen molar-refractivity contribution in [2.75, 3.05) is 18.0 Å². The van der Waals surface area contributed by atoms with E-state index in [-0.39, 0.29) is 17.3 Å². The summed E-state index contributed by atoms with van der Waals surface area (Å²) in [6.07, 6.45) is -1.95. The minimum atomic E-state index is -4.77. The number of benzene rings is 2. The monoisotopic (exact) mass is 587 g/mol. The SMILES string of the molecule is O=C(Cn1c2c(sc1=O)[C@H](c1ccccc1)C1C(=O)N(c3ccccc3C(F)(F)F)C(=O)C1S2)N1CCCCC1. The highest BCUT2D eigenvalue weighted by Gasteiger charge is 2.57. The van der Waals surface area contributed by atoms with Gasteiger partial charge in [-0.3, -0.25) is 23.7 Å². The van der Waals surface area contributed by atoms with Crippen LogP contribution in [0, 0.1) is 5.92 Å². The fourth-order valence-electron chi connectivity index (χ4n) is 5.80. The predicted molar refractivity (Wildman–Crippen MR) is 144 cm³/mol. The molecule has 40 heavy (non-hydrogen) atoms. The molecule has 0 spiro atoms. The molecule has 4 heterocycles. The van der Waals surface area contributed by atoms with Gasteiger partial charge in [0.05, 0.1) is 22.2 Å². The largest absolute Gasteiger partial charge is 0.418 e. The van der Waals surface area contributed by atoms with Crippen molar-refractivity contribution in [2.24, 2.45) is 5.92 Å². The number of carbonyl (C=O) groups excluding carboxylic acids is 3. The maximum Gasteiger partial charge on any atom is 0.418 e. The average molecular weight is 588 g/mol. The first kappa shape index (κ1) is 26.8. The first-order valence-corrected chi connectivity index (χ1v) is 14.6. The van der Waals surface area contributed by atoms with E-state index in [1.54, 1.807) is 35.2 Å². The predicted octanol–water partition coefficient (Wildman–Crippen LogP) is 4.74. The molecule has 3 aliphatic heterocycles.